The van der Waals surface area contributed by atoms with Gasteiger partial charge in [-0.15, -0.1) is 0 Å². The highest BCUT2D eigenvalue weighted by Crippen LogP contribution is 2.24. The Labute approximate surface area is 140 Å². The predicted molar refractivity (Wildman–Crippen MR) is 88.7 cm³/mol. The third-order valence-corrected chi connectivity index (χ3v) is 4.09. The Hall–Kier alpha value is -2.82. The summed E-state index contributed by atoms with van der Waals surface area (Å²) in [6.45, 7) is 0.249. The standard InChI is InChI=1S/C19H19NO4/c1-23-18(21)15-8-7-14-10-17(11-16(14)9-15)20-19(22)24-12-13-5-3-2-4-6-13/h2-9,17H,10-12H2,1H3,(H,20,22). The molecule has 5 nitrogen and oxygen atoms in total. The number of esters is 1. The van der Waals surface area contributed by atoms with E-state index in [2.05, 4.69) is 5.32 Å². The maximum absolute atomic E-state index is 11.9. The number of amides is 1. The van der Waals surface area contributed by atoms with E-state index in [4.69, 9.17) is 9.47 Å². The molecule has 1 N–H and O–H groups in total. The van der Waals surface area contributed by atoms with Crippen LogP contribution in [0.5, 0.6) is 0 Å². The molecule has 0 fully saturated rings. The Morgan fingerprint density at radius 2 is 1.83 bits per heavy atom. The van der Waals surface area contributed by atoms with Crippen molar-refractivity contribution in [3.8, 4) is 0 Å². The van der Waals surface area contributed by atoms with Crippen molar-refractivity contribution in [2.75, 3.05) is 7.11 Å². The second-order valence-corrected chi connectivity index (χ2v) is 5.79. The smallest absolute Gasteiger partial charge is 0.407 e. The monoisotopic (exact) mass is 325 g/mol. The molecule has 0 bridgehead atoms. The van der Waals surface area contributed by atoms with Gasteiger partial charge in [0.25, 0.3) is 0 Å². The molecule has 3 rings (SSSR count). The lowest BCUT2D eigenvalue weighted by Crippen LogP contribution is -2.35. The van der Waals surface area contributed by atoms with Crippen molar-refractivity contribution in [2.45, 2.75) is 25.5 Å². The molecule has 124 valence electrons. The normalized spacial score (nSPS) is 15.5. The average Bonchev–Trinajstić information content (AvgIpc) is 3.01. The summed E-state index contributed by atoms with van der Waals surface area (Å²) in [6, 6.07) is 15.0. The number of alkyl carbamates (subject to hydrolysis) is 1. The first-order valence-corrected chi connectivity index (χ1v) is 7.83. The summed E-state index contributed by atoms with van der Waals surface area (Å²) < 4.78 is 9.98. The van der Waals surface area contributed by atoms with E-state index in [0.717, 1.165) is 23.1 Å². The number of benzene rings is 2. The zero-order valence-electron chi connectivity index (χ0n) is 13.5. The Morgan fingerprint density at radius 3 is 2.58 bits per heavy atom. The first-order valence-electron chi connectivity index (χ1n) is 7.83. The fraction of sp³-hybridized carbons (Fsp3) is 0.263. The number of hydrogen-bond donors (Lipinski definition) is 1. The molecule has 1 amide bonds. The Balaban J connectivity index is 1.54. The molecule has 2 aromatic rings. The van der Waals surface area contributed by atoms with Gasteiger partial charge in [0.05, 0.1) is 12.7 Å². The zero-order chi connectivity index (χ0) is 16.9. The molecule has 0 saturated heterocycles. The van der Waals surface area contributed by atoms with Gasteiger partial charge in [-0.2, -0.15) is 0 Å². The lowest BCUT2D eigenvalue weighted by molar-refractivity contribution is 0.0600. The molecular formula is C19H19NO4. The van der Waals surface area contributed by atoms with Crippen LogP contribution in [0.1, 0.15) is 27.0 Å². The van der Waals surface area contributed by atoms with E-state index >= 15 is 0 Å². The van der Waals surface area contributed by atoms with Crippen LogP contribution in [0.25, 0.3) is 0 Å². The highest BCUT2D eigenvalue weighted by atomic mass is 16.5. The van der Waals surface area contributed by atoms with Crippen LogP contribution in [0.15, 0.2) is 48.5 Å². The highest BCUT2D eigenvalue weighted by Gasteiger charge is 2.24. The van der Waals surface area contributed by atoms with Gasteiger partial charge in [-0.1, -0.05) is 36.4 Å². The molecule has 2 aromatic carbocycles. The number of fused-ring (bicyclic) bond motifs is 1. The molecule has 0 radical (unpaired) electrons. The third kappa shape index (κ3) is 3.74. The predicted octanol–water partition coefficient (Wildman–Crippen LogP) is 2.87. The van der Waals surface area contributed by atoms with Crippen molar-refractivity contribution in [2.24, 2.45) is 0 Å². The lowest BCUT2D eigenvalue weighted by Gasteiger charge is -2.12. The summed E-state index contributed by atoms with van der Waals surface area (Å²) in [5, 5.41) is 2.88. The van der Waals surface area contributed by atoms with E-state index in [-0.39, 0.29) is 18.6 Å². The SMILES string of the molecule is COC(=O)c1ccc2c(c1)CC(NC(=O)OCc1ccccc1)C2. The summed E-state index contributed by atoms with van der Waals surface area (Å²) >= 11 is 0. The second-order valence-electron chi connectivity index (χ2n) is 5.79. The largest absolute Gasteiger partial charge is 0.465 e. The van der Waals surface area contributed by atoms with Crippen molar-refractivity contribution >= 4 is 12.1 Å². The highest BCUT2D eigenvalue weighted by molar-refractivity contribution is 5.89. The first-order chi connectivity index (χ1) is 11.7. The van der Waals surface area contributed by atoms with Crippen LogP contribution in [-0.4, -0.2) is 25.2 Å². The number of hydrogen-bond acceptors (Lipinski definition) is 4. The number of nitrogens with one attached hydrogen (secondary N) is 1. The van der Waals surface area contributed by atoms with Crippen LogP contribution in [0.3, 0.4) is 0 Å². The Kier molecular flexibility index (Phi) is 4.79. The van der Waals surface area contributed by atoms with Crippen LogP contribution >= 0.6 is 0 Å². The topological polar surface area (TPSA) is 64.6 Å². The number of ether oxygens (including phenoxy) is 2. The quantitative estimate of drug-likeness (QED) is 0.878. The van der Waals surface area contributed by atoms with Gasteiger partial charge in [-0.25, -0.2) is 9.59 Å². The van der Waals surface area contributed by atoms with E-state index in [1.165, 1.54) is 7.11 Å². The summed E-state index contributed by atoms with van der Waals surface area (Å²) in [6.07, 6.45) is 0.988. The summed E-state index contributed by atoms with van der Waals surface area (Å²) in [5.74, 6) is -0.350. The molecule has 1 aliphatic carbocycles. The molecule has 1 aliphatic rings. The fourth-order valence-electron chi connectivity index (χ4n) is 2.90. The molecule has 1 atom stereocenters. The lowest BCUT2D eigenvalue weighted by atomic mass is 10.1. The number of methoxy groups -OCH3 is 1. The van der Waals surface area contributed by atoms with Crippen LogP contribution in [0.2, 0.25) is 0 Å². The number of carbonyl (C=O) groups is 2. The van der Waals surface area contributed by atoms with Crippen molar-refractivity contribution < 1.29 is 19.1 Å². The number of carbonyl (C=O) groups excluding carboxylic acids is 2. The average molecular weight is 325 g/mol. The summed E-state index contributed by atoms with van der Waals surface area (Å²) in [7, 11) is 1.36. The second kappa shape index (κ2) is 7.17. The zero-order valence-corrected chi connectivity index (χ0v) is 13.5. The molecule has 0 aromatic heterocycles. The molecule has 24 heavy (non-hydrogen) atoms. The summed E-state index contributed by atoms with van der Waals surface area (Å²) in [5.41, 5.74) is 3.68. The van der Waals surface area contributed by atoms with Gasteiger partial charge in [0.2, 0.25) is 0 Å². The van der Waals surface area contributed by atoms with E-state index in [1.807, 2.05) is 42.5 Å². The maximum Gasteiger partial charge on any atom is 0.407 e. The van der Waals surface area contributed by atoms with Gasteiger partial charge in [0.1, 0.15) is 6.61 Å². The molecule has 0 aliphatic heterocycles. The Morgan fingerprint density at radius 1 is 1.08 bits per heavy atom. The van der Waals surface area contributed by atoms with Gasteiger partial charge in [-0.05, 0) is 41.7 Å². The van der Waals surface area contributed by atoms with Crippen molar-refractivity contribution in [1.29, 1.82) is 0 Å². The van der Waals surface area contributed by atoms with Crippen molar-refractivity contribution in [3.63, 3.8) is 0 Å². The minimum absolute atomic E-state index is 0.0174. The van der Waals surface area contributed by atoms with E-state index in [0.29, 0.717) is 12.0 Å². The van der Waals surface area contributed by atoms with E-state index < -0.39 is 6.09 Å². The summed E-state index contributed by atoms with van der Waals surface area (Å²) in [4.78, 5) is 23.5. The van der Waals surface area contributed by atoms with E-state index in [1.54, 1.807) is 6.07 Å². The van der Waals surface area contributed by atoms with Crippen LogP contribution in [-0.2, 0) is 28.9 Å². The maximum atomic E-state index is 11.9. The molecule has 0 spiro atoms. The van der Waals surface area contributed by atoms with Crippen LogP contribution in [0.4, 0.5) is 4.79 Å². The minimum Gasteiger partial charge on any atom is -0.465 e. The first kappa shape index (κ1) is 16.1. The van der Waals surface area contributed by atoms with Gasteiger partial charge < -0.3 is 14.8 Å². The third-order valence-electron chi connectivity index (χ3n) is 4.09. The molecular weight excluding hydrogens is 306 g/mol. The molecule has 0 heterocycles. The minimum atomic E-state index is -0.426. The van der Waals surface area contributed by atoms with Gasteiger partial charge in [0, 0.05) is 6.04 Å². The molecule has 1 unspecified atom stereocenters. The fourth-order valence-corrected chi connectivity index (χ4v) is 2.90. The molecule has 5 heteroatoms. The number of rotatable bonds is 4. The van der Waals surface area contributed by atoms with Gasteiger partial charge >= 0.3 is 12.1 Å². The van der Waals surface area contributed by atoms with Crippen LogP contribution < -0.4 is 5.32 Å². The van der Waals surface area contributed by atoms with Crippen LogP contribution in [0, 0.1) is 0 Å². The van der Waals surface area contributed by atoms with Gasteiger partial charge in [-0.3, -0.25) is 0 Å². The van der Waals surface area contributed by atoms with Crippen molar-refractivity contribution in [1.82, 2.24) is 5.32 Å². The van der Waals surface area contributed by atoms with Gasteiger partial charge in [0.15, 0.2) is 0 Å². The molecule has 0 saturated carbocycles. The van der Waals surface area contributed by atoms with E-state index in [9.17, 15) is 9.59 Å². The Bertz CT molecular complexity index is 742. The van der Waals surface area contributed by atoms with Crippen molar-refractivity contribution in [3.05, 3.63) is 70.8 Å².